The van der Waals surface area contributed by atoms with Crippen molar-refractivity contribution in [2.75, 3.05) is 25.4 Å². The van der Waals surface area contributed by atoms with Gasteiger partial charge in [0.25, 0.3) is 0 Å². The van der Waals surface area contributed by atoms with Crippen LogP contribution in [0.3, 0.4) is 0 Å². The largest absolute Gasteiger partial charge is 0.369 e. The van der Waals surface area contributed by atoms with E-state index in [-0.39, 0.29) is 5.91 Å². The highest BCUT2D eigenvalue weighted by molar-refractivity contribution is 7.99. The Morgan fingerprint density at radius 1 is 1.29 bits per heavy atom. The molecule has 2 aliphatic heterocycles. The minimum atomic E-state index is -0.223. The molecule has 1 atom stereocenters. The molecule has 2 aliphatic rings. The third-order valence-electron chi connectivity index (χ3n) is 4.36. The lowest BCUT2D eigenvalue weighted by atomic mass is 9.99. The Hall–Kier alpha value is -1.04. The van der Waals surface area contributed by atoms with Crippen LogP contribution in [0.25, 0.3) is 0 Å². The van der Waals surface area contributed by atoms with E-state index in [1.54, 1.807) is 0 Å². The fourth-order valence-corrected chi connectivity index (χ4v) is 4.40. The number of nitrogens with two attached hydrogens (primary N) is 1. The van der Waals surface area contributed by atoms with Gasteiger partial charge in [-0.15, -0.1) is 11.8 Å². The van der Waals surface area contributed by atoms with E-state index in [0.717, 1.165) is 25.9 Å². The highest BCUT2D eigenvalue weighted by Crippen LogP contribution is 2.36. The van der Waals surface area contributed by atoms with Gasteiger partial charge in [-0.05, 0) is 36.6 Å². The van der Waals surface area contributed by atoms with Crippen molar-refractivity contribution in [2.24, 2.45) is 5.73 Å². The Labute approximate surface area is 130 Å². The van der Waals surface area contributed by atoms with E-state index < -0.39 is 0 Å². The van der Waals surface area contributed by atoms with E-state index in [1.165, 1.54) is 22.6 Å². The number of nitrogens with one attached hydrogen (secondary N) is 1. The fourth-order valence-electron chi connectivity index (χ4n) is 3.28. The van der Waals surface area contributed by atoms with Crippen LogP contribution < -0.4 is 11.1 Å². The summed E-state index contributed by atoms with van der Waals surface area (Å²) in [5, 5.41) is 3.83. The zero-order valence-electron chi connectivity index (χ0n) is 12.3. The molecule has 5 heteroatoms. The van der Waals surface area contributed by atoms with Crippen molar-refractivity contribution in [1.82, 2.24) is 10.2 Å². The van der Waals surface area contributed by atoms with Gasteiger partial charge in [-0.2, -0.15) is 0 Å². The molecule has 3 N–H and O–H groups in total. The first-order valence-corrected chi connectivity index (χ1v) is 8.69. The minimum Gasteiger partial charge on any atom is -0.369 e. The third kappa shape index (κ3) is 3.78. The molecule has 1 amide bonds. The number of carbonyl (C=O) groups excluding carboxylic acids is 1. The average molecular weight is 305 g/mol. The van der Waals surface area contributed by atoms with Crippen LogP contribution in [0, 0.1) is 0 Å². The molecule has 1 unspecified atom stereocenters. The Balaban J connectivity index is 1.56. The molecule has 4 nitrogen and oxygen atoms in total. The molecular weight excluding hydrogens is 282 g/mol. The van der Waals surface area contributed by atoms with Crippen LogP contribution in [0.2, 0.25) is 0 Å². The summed E-state index contributed by atoms with van der Waals surface area (Å²) in [6, 6.07) is 9.77. The summed E-state index contributed by atoms with van der Waals surface area (Å²) >= 11 is 1.96. The second-order valence-electron chi connectivity index (χ2n) is 5.91. The number of likely N-dealkylation sites (tertiary alicyclic amines) is 1. The van der Waals surface area contributed by atoms with Crippen molar-refractivity contribution >= 4 is 17.7 Å². The molecule has 1 aromatic rings. The molecule has 0 bridgehead atoms. The lowest BCUT2D eigenvalue weighted by Crippen LogP contribution is -2.46. The summed E-state index contributed by atoms with van der Waals surface area (Å²) < 4.78 is 0. The number of primary amides is 1. The number of piperidine rings is 1. The summed E-state index contributed by atoms with van der Waals surface area (Å²) in [4.78, 5) is 14.5. The minimum absolute atomic E-state index is 0.223. The Bertz CT molecular complexity index is 500. The van der Waals surface area contributed by atoms with Crippen LogP contribution in [0.15, 0.2) is 29.2 Å². The molecule has 114 valence electrons. The first kappa shape index (κ1) is 14.9. The van der Waals surface area contributed by atoms with Gasteiger partial charge in [0.1, 0.15) is 0 Å². The highest BCUT2D eigenvalue weighted by atomic mass is 32.2. The molecule has 0 aliphatic carbocycles. The smallest absolute Gasteiger partial charge is 0.231 e. The van der Waals surface area contributed by atoms with Gasteiger partial charge in [0.15, 0.2) is 0 Å². The zero-order valence-corrected chi connectivity index (χ0v) is 13.1. The topological polar surface area (TPSA) is 58.4 Å². The SMILES string of the molecule is NC(=O)CN1CCC(NC2CCSc3ccccc32)CC1. The van der Waals surface area contributed by atoms with Crippen LogP contribution in [0.5, 0.6) is 0 Å². The summed E-state index contributed by atoms with van der Waals surface area (Å²) in [7, 11) is 0. The number of hydrogen-bond acceptors (Lipinski definition) is 4. The number of rotatable bonds is 4. The molecule has 2 heterocycles. The average Bonchev–Trinajstić information content (AvgIpc) is 2.49. The number of hydrogen-bond donors (Lipinski definition) is 2. The van der Waals surface area contributed by atoms with Crippen molar-refractivity contribution < 1.29 is 4.79 Å². The normalized spacial score (nSPS) is 23.7. The summed E-state index contributed by atoms with van der Waals surface area (Å²) in [5.74, 6) is 0.967. The van der Waals surface area contributed by atoms with Crippen molar-refractivity contribution in [3.63, 3.8) is 0 Å². The molecule has 0 spiro atoms. The molecular formula is C16H23N3OS. The quantitative estimate of drug-likeness (QED) is 0.890. The first-order valence-electron chi connectivity index (χ1n) is 7.71. The number of nitrogens with zero attached hydrogens (tertiary/aromatic N) is 1. The first-order chi connectivity index (χ1) is 10.2. The van der Waals surface area contributed by atoms with Gasteiger partial charge in [0.2, 0.25) is 5.91 Å². The Morgan fingerprint density at radius 3 is 2.81 bits per heavy atom. The highest BCUT2D eigenvalue weighted by Gasteiger charge is 2.25. The number of amides is 1. The predicted octanol–water partition coefficient (Wildman–Crippen LogP) is 1.76. The molecule has 21 heavy (non-hydrogen) atoms. The molecule has 1 aromatic carbocycles. The van der Waals surface area contributed by atoms with Gasteiger partial charge in [-0.3, -0.25) is 9.69 Å². The molecule has 1 fully saturated rings. The van der Waals surface area contributed by atoms with E-state index >= 15 is 0 Å². The van der Waals surface area contributed by atoms with E-state index in [2.05, 4.69) is 34.5 Å². The van der Waals surface area contributed by atoms with Crippen LogP contribution >= 0.6 is 11.8 Å². The maximum atomic E-state index is 11.0. The number of thioether (sulfide) groups is 1. The lowest BCUT2D eigenvalue weighted by Gasteiger charge is -2.35. The molecule has 1 saturated heterocycles. The van der Waals surface area contributed by atoms with E-state index in [1.807, 2.05) is 11.8 Å². The second kappa shape index (κ2) is 6.81. The molecule has 0 aromatic heterocycles. The molecule has 0 saturated carbocycles. The summed E-state index contributed by atoms with van der Waals surface area (Å²) in [6.45, 7) is 2.32. The number of carbonyl (C=O) groups is 1. The van der Waals surface area contributed by atoms with E-state index in [0.29, 0.717) is 18.6 Å². The van der Waals surface area contributed by atoms with Crippen LogP contribution in [-0.4, -0.2) is 42.2 Å². The maximum absolute atomic E-state index is 11.0. The fraction of sp³-hybridized carbons (Fsp3) is 0.562. The maximum Gasteiger partial charge on any atom is 0.231 e. The van der Waals surface area contributed by atoms with E-state index in [9.17, 15) is 4.79 Å². The second-order valence-corrected chi connectivity index (χ2v) is 7.05. The van der Waals surface area contributed by atoms with Gasteiger partial charge in [-0.25, -0.2) is 0 Å². The summed E-state index contributed by atoms with van der Waals surface area (Å²) in [6.07, 6.45) is 3.39. The van der Waals surface area contributed by atoms with Gasteiger partial charge in [0.05, 0.1) is 6.54 Å². The van der Waals surface area contributed by atoms with Gasteiger partial charge >= 0.3 is 0 Å². The van der Waals surface area contributed by atoms with Gasteiger partial charge in [-0.1, -0.05) is 18.2 Å². The van der Waals surface area contributed by atoms with Crippen molar-refractivity contribution in [3.8, 4) is 0 Å². The lowest BCUT2D eigenvalue weighted by molar-refractivity contribution is -0.119. The number of benzene rings is 1. The standard InChI is InChI=1S/C16H23N3OS/c17-16(20)11-19-8-5-12(6-9-19)18-14-7-10-21-15-4-2-1-3-13(14)15/h1-4,12,14,18H,5-11H2,(H2,17,20). The van der Waals surface area contributed by atoms with Crippen LogP contribution in [-0.2, 0) is 4.79 Å². The predicted molar refractivity (Wildman–Crippen MR) is 86.3 cm³/mol. The molecule has 0 radical (unpaired) electrons. The van der Waals surface area contributed by atoms with Crippen LogP contribution in [0.4, 0.5) is 0 Å². The number of fused-ring (bicyclic) bond motifs is 1. The van der Waals surface area contributed by atoms with Crippen molar-refractivity contribution in [2.45, 2.75) is 36.2 Å². The Kier molecular flexibility index (Phi) is 4.83. The van der Waals surface area contributed by atoms with E-state index in [4.69, 9.17) is 5.73 Å². The van der Waals surface area contributed by atoms with Crippen LogP contribution in [0.1, 0.15) is 30.9 Å². The monoisotopic (exact) mass is 305 g/mol. The summed E-state index contributed by atoms with van der Waals surface area (Å²) in [5.41, 5.74) is 6.71. The molecule has 3 rings (SSSR count). The van der Waals surface area contributed by atoms with Gasteiger partial charge < -0.3 is 11.1 Å². The van der Waals surface area contributed by atoms with Gasteiger partial charge in [0, 0.05) is 30.1 Å². The third-order valence-corrected chi connectivity index (χ3v) is 5.49. The Morgan fingerprint density at radius 2 is 2.05 bits per heavy atom. The van der Waals surface area contributed by atoms with Crippen molar-refractivity contribution in [1.29, 1.82) is 0 Å². The van der Waals surface area contributed by atoms with Crippen molar-refractivity contribution in [3.05, 3.63) is 29.8 Å². The zero-order chi connectivity index (χ0) is 14.7.